The predicted octanol–water partition coefficient (Wildman–Crippen LogP) is 0.527. The minimum atomic E-state index is -0.248. The number of hydrogen-bond acceptors (Lipinski definition) is 3. The van der Waals surface area contributed by atoms with Gasteiger partial charge in [-0.3, -0.25) is 4.79 Å². The molecule has 1 amide bonds. The highest BCUT2D eigenvalue weighted by Gasteiger charge is 2.12. The number of nitrogens with one attached hydrogen (secondary N) is 2. The Morgan fingerprint density at radius 1 is 1.29 bits per heavy atom. The van der Waals surface area contributed by atoms with Crippen LogP contribution in [0.4, 0.5) is 0 Å². The molecule has 0 atom stereocenters. The van der Waals surface area contributed by atoms with Crippen LogP contribution in [0.5, 0.6) is 0 Å². The quantitative estimate of drug-likeness (QED) is 0.618. The highest BCUT2D eigenvalue weighted by atomic mass is 16.5. The first-order valence-electron chi connectivity index (χ1n) is 5.01. The van der Waals surface area contributed by atoms with Crippen molar-refractivity contribution in [2.75, 3.05) is 26.7 Å². The summed E-state index contributed by atoms with van der Waals surface area (Å²) >= 11 is 0. The lowest BCUT2D eigenvalue weighted by atomic mass is 10.2. The first-order valence-corrected chi connectivity index (χ1v) is 5.01. The fraction of sp³-hybridized carbons (Fsp3) is 0.900. The molecule has 0 saturated carbocycles. The van der Waals surface area contributed by atoms with Crippen LogP contribution in [0.15, 0.2) is 0 Å². The van der Waals surface area contributed by atoms with Crippen molar-refractivity contribution in [2.45, 2.75) is 32.8 Å². The SMILES string of the molecule is CNCCCNC(=O)COC(C)(C)C. The van der Waals surface area contributed by atoms with E-state index in [-0.39, 0.29) is 18.1 Å². The summed E-state index contributed by atoms with van der Waals surface area (Å²) in [5.74, 6) is -0.0453. The van der Waals surface area contributed by atoms with E-state index < -0.39 is 0 Å². The summed E-state index contributed by atoms with van der Waals surface area (Å²) in [5.41, 5.74) is -0.248. The van der Waals surface area contributed by atoms with Crippen LogP contribution < -0.4 is 10.6 Å². The Labute approximate surface area is 86.4 Å². The number of ether oxygens (including phenoxy) is 1. The lowest BCUT2D eigenvalue weighted by Gasteiger charge is -2.18. The monoisotopic (exact) mass is 202 g/mol. The summed E-state index contributed by atoms with van der Waals surface area (Å²) in [6.45, 7) is 7.56. The standard InChI is InChI=1S/C10H22N2O2/c1-10(2,3)14-8-9(13)12-7-5-6-11-4/h11H,5-8H2,1-4H3,(H,12,13). The lowest BCUT2D eigenvalue weighted by molar-refractivity contribution is -0.130. The molecule has 0 aromatic carbocycles. The van der Waals surface area contributed by atoms with Gasteiger partial charge < -0.3 is 15.4 Å². The zero-order valence-electron chi connectivity index (χ0n) is 9.64. The number of carbonyl (C=O) groups excluding carboxylic acids is 1. The van der Waals surface area contributed by atoms with Gasteiger partial charge in [0.15, 0.2) is 0 Å². The second kappa shape index (κ2) is 6.79. The minimum Gasteiger partial charge on any atom is -0.366 e. The van der Waals surface area contributed by atoms with E-state index in [0.29, 0.717) is 6.54 Å². The van der Waals surface area contributed by atoms with E-state index in [9.17, 15) is 4.79 Å². The molecule has 4 nitrogen and oxygen atoms in total. The van der Waals surface area contributed by atoms with Crippen LogP contribution in [0.2, 0.25) is 0 Å². The first kappa shape index (κ1) is 13.4. The molecule has 0 aliphatic heterocycles. The first-order chi connectivity index (χ1) is 6.45. The summed E-state index contributed by atoms with van der Waals surface area (Å²) in [6.07, 6.45) is 0.942. The highest BCUT2D eigenvalue weighted by Crippen LogP contribution is 2.05. The molecule has 2 N–H and O–H groups in total. The molecule has 0 aliphatic rings. The largest absolute Gasteiger partial charge is 0.366 e. The highest BCUT2D eigenvalue weighted by molar-refractivity contribution is 5.77. The summed E-state index contributed by atoms with van der Waals surface area (Å²) in [5, 5.41) is 5.80. The normalized spacial score (nSPS) is 11.4. The molecule has 0 aliphatic carbocycles. The van der Waals surface area contributed by atoms with E-state index in [1.54, 1.807) is 0 Å². The van der Waals surface area contributed by atoms with E-state index >= 15 is 0 Å². The molecule has 0 bridgehead atoms. The topological polar surface area (TPSA) is 50.4 Å². The molecule has 0 radical (unpaired) electrons. The molecular weight excluding hydrogens is 180 g/mol. The lowest BCUT2D eigenvalue weighted by Crippen LogP contribution is -2.33. The Bertz CT molecular complexity index is 164. The van der Waals surface area contributed by atoms with Gasteiger partial charge in [-0.2, -0.15) is 0 Å². The van der Waals surface area contributed by atoms with Gasteiger partial charge in [-0.15, -0.1) is 0 Å². The van der Waals surface area contributed by atoms with Gasteiger partial charge in [0.2, 0.25) is 5.91 Å². The zero-order chi connectivity index (χ0) is 11.0. The average Bonchev–Trinajstić information content (AvgIpc) is 2.08. The Morgan fingerprint density at radius 2 is 1.93 bits per heavy atom. The molecule has 0 saturated heterocycles. The smallest absolute Gasteiger partial charge is 0.246 e. The molecule has 0 rings (SSSR count). The minimum absolute atomic E-state index is 0.0453. The second-order valence-electron chi connectivity index (χ2n) is 4.21. The molecule has 0 heterocycles. The molecular formula is C10H22N2O2. The van der Waals surface area contributed by atoms with Crippen LogP contribution in [-0.2, 0) is 9.53 Å². The van der Waals surface area contributed by atoms with Crippen molar-refractivity contribution < 1.29 is 9.53 Å². The van der Waals surface area contributed by atoms with Crippen molar-refractivity contribution >= 4 is 5.91 Å². The Hall–Kier alpha value is -0.610. The van der Waals surface area contributed by atoms with Crippen LogP contribution in [0.3, 0.4) is 0 Å². The van der Waals surface area contributed by atoms with Crippen molar-refractivity contribution in [3.8, 4) is 0 Å². The van der Waals surface area contributed by atoms with E-state index in [4.69, 9.17) is 4.74 Å². The second-order valence-corrected chi connectivity index (χ2v) is 4.21. The van der Waals surface area contributed by atoms with Crippen molar-refractivity contribution in [3.05, 3.63) is 0 Å². The van der Waals surface area contributed by atoms with Crippen LogP contribution in [0.1, 0.15) is 27.2 Å². The van der Waals surface area contributed by atoms with Crippen molar-refractivity contribution in [3.63, 3.8) is 0 Å². The van der Waals surface area contributed by atoms with Gasteiger partial charge in [0.1, 0.15) is 6.61 Å². The molecule has 0 aromatic rings. The van der Waals surface area contributed by atoms with Gasteiger partial charge in [-0.05, 0) is 40.8 Å². The maximum absolute atomic E-state index is 11.2. The molecule has 0 unspecified atom stereocenters. The third kappa shape index (κ3) is 9.48. The van der Waals surface area contributed by atoms with Gasteiger partial charge in [0.05, 0.1) is 5.60 Å². The Kier molecular flexibility index (Phi) is 6.49. The maximum Gasteiger partial charge on any atom is 0.246 e. The Morgan fingerprint density at radius 3 is 2.43 bits per heavy atom. The van der Waals surface area contributed by atoms with Crippen LogP contribution in [0.25, 0.3) is 0 Å². The molecule has 14 heavy (non-hydrogen) atoms. The van der Waals surface area contributed by atoms with Crippen LogP contribution in [-0.4, -0.2) is 38.3 Å². The van der Waals surface area contributed by atoms with Gasteiger partial charge in [-0.25, -0.2) is 0 Å². The van der Waals surface area contributed by atoms with Crippen LogP contribution >= 0.6 is 0 Å². The van der Waals surface area contributed by atoms with E-state index in [1.165, 1.54) is 0 Å². The van der Waals surface area contributed by atoms with E-state index in [1.807, 2.05) is 27.8 Å². The van der Waals surface area contributed by atoms with Crippen LogP contribution in [0, 0.1) is 0 Å². The maximum atomic E-state index is 11.2. The fourth-order valence-corrected chi connectivity index (χ4v) is 0.826. The molecule has 84 valence electrons. The molecule has 0 spiro atoms. The van der Waals surface area contributed by atoms with Gasteiger partial charge >= 0.3 is 0 Å². The number of carbonyl (C=O) groups is 1. The number of rotatable bonds is 6. The van der Waals surface area contributed by atoms with E-state index in [2.05, 4.69) is 10.6 Å². The Balaban J connectivity index is 3.38. The summed E-state index contributed by atoms with van der Waals surface area (Å²) < 4.78 is 5.32. The third-order valence-corrected chi connectivity index (χ3v) is 1.56. The predicted molar refractivity (Wildman–Crippen MR) is 57.3 cm³/mol. The third-order valence-electron chi connectivity index (χ3n) is 1.56. The summed E-state index contributed by atoms with van der Waals surface area (Å²) in [7, 11) is 1.89. The van der Waals surface area contributed by atoms with Gasteiger partial charge in [-0.1, -0.05) is 0 Å². The van der Waals surface area contributed by atoms with Crippen molar-refractivity contribution in [2.24, 2.45) is 0 Å². The molecule has 4 heteroatoms. The summed E-state index contributed by atoms with van der Waals surface area (Å²) in [6, 6.07) is 0. The van der Waals surface area contributed by atoms with Crippen molar-refractivity contribution in [1.82, 2.24) is 10.6 Å². The summed E-state index contributed by atoms with van der Waals surface area (Å²) in [4.78, 5) is 11.2. The fourth-order valence-electron chi connectivity index (χ4n) is 0.826. The van der Waals surface area contributed by atoms with Crippen molar-refractivity contribution in [1.29, 1.82) is 0 Å². The van der Waals surface area contributed by atoms with E-state index in [0.717, 1.165) is 13.0 Å². The zero-order valence-corrected chi connectivity index (χ0v) is 9.64. The van der Waals surface area contributed by atoms with Gasteiger partial charge in [0.25, 0.3) is 0 Å². The average molecular weight is 202 g/mol. The number of hydrogen-bond donors (Lipinski definition) is 2. The van der Waals surface area contributed by atoms with Gasteiger partial charge in [0, 0.05) is 6.54 Å². The number of amides is 1. The molecule has 0 fully saturated rings. The molecule has 0 aromatic heterocycles.